The Hall–Kier alpha value is -2.56. The van der Waals surface area contributed by atoms with Crippen LogP contribution in [0.3, 0.4) is 0 Å². The highest BCUT2D eigenvalue weighted by atomic mass is 15.1. The molecule has 0 aliphatic rings. The van der Waals surface area contributed by atoms with Gasteiger partial charge in [-0.25, -0.2) is 9.97 Å². The Labute approximate surface area is 104 Å². The van der Waals surface area contributed by atoms with Crippen molar-refractivity contribution in [3.05, 3.63) is 48.4 Å². The molecule has 2 aromatic heterocycles. The molecule has 2 heterocycles. The molecule has 0 fully saturated rings. The van der Waals surface area contributed by atoms with Crippen molar-refractivity contribution in [2.75, 3.05) is 11.1 Å². The van der Waals surface area contributed by atoms with E-state index in [0.717, 1.165) is 16.9 Å². The van der Waals surface area contributed by atoms with Crippen LogP contribution in [-0.2, 0) is 0 Å². The fourth-order valence-electron chi connectivity index (χ4n) is 1.88. The van der Waals surface area contributed by atoms with Gasteiger partial charge in [-0.1, -0.05) is 18.2 Å². The normalized spacial score (nSPS) is 10.7. The van der Waals surface area contributed by atoms with Crippen LogP contribution in [0.15, 0.2) is 42.9 Å². The van der Waals surface area contributed by atoms with Gasteiger partial charge >= 0.3 is 0 Å². The molecule has 18 heavy (non-hydrogen) atoms. The first kappa shape index (κ1) is 10.6. The summed E-state index contributed by atoms with van der Waals surface area (Å²) < 4.78 is 1.85. The smallest absolute Gasteiger partial charge is 0.180 e. The second-order valence-electron chi connectivity index (χ2n) is 4.11. The highest BCUT2D eigenvalue weighted by molar-refractivity contribution is 5.72. The number of anilines is 3. The lowest BCUT2D eigenvalue weighted by Gasteiger charge is -2.10. The Morgan fingerprint density at radius 2 is 2.11 bits per heavy atom. The van der Waals surface area contributed by atoms with Crippen molar-refractivity contribution in [3.63, 3.8) is 0 Å². The van der Waals surface area contributed by atoms with Crippen molar-refractivity contribution in [3.8, 4) is 0 Å². The van der Waals surface area contributed by atoms with Gasteiger partial charge in [0, 0.05) is 18.1 Å². The number of benzene rings is 1. The standard InChI is InChI=1S/C13H13N5/c1-9-4-2-3-5-10(9)16-12-13-15-6-7-18(13)8-11(14)17-12/h2-8H,14H2,1H3,(H,16,17). The number of aryl methyl sites for hydroxylation is 1. The van der Waals surface area contributed by atoms with Gasteiger partial charge in [0.15, 0.2) is 11.5 Å². The summed E-state index contributed by atoms with van der Waals surface area (Å²) in [4.78, 5) is 8.56. The molecule has 5 nitrogen and oxygen atoms in total. The number of nitrogens with two attached hydrogens (primary N) is 1. The van der Waals surface area contributed by atoms with Crippen LogP contribution >= 0.6 is 0 Å². The Morgan fingerprint density at radius 1 is 1.28 bits per heavy atom. The number of aromatic nitrogens is 3. The van der Waals surface area contributed by atoms with E-state index in [1.165, 1.54) is 0 Å². The fraction of sp³-hybridized carbons (Fsp3) is 0.0769. The van der Waals surface area contributed by atoms with Gasteiger partial charge in [-0.05, 0) is 18.6 Å². The number of imidazole rings is 1. The molecule has 0 amide bonds. The van der Waals surface area contributed by atoms with Crippen molar-refractivity contribution >= 4 is 23.0 Å². The molecule has 90 valence electrons. The van der Waals surface area contributed by atoms with E-state index in [2.05, 4.69) is 15.3 Å². The van der Waals surface area contributed by atoms with Gasteiger partial charge in [-0.2, -0.15) is 0 Å². The lowest BCUT2D eigenvalue weighted by molar-refractivity contribution is 1.13. The lowest BCUT2D eigenvalue weighted by atomic mass is 10.2. The Balaban J connectivity index is 2.10. The zero-order valence-electron chi connectivity index (χ0n) is 9.96. The van der Waals surface area contributed by atoms with Gasteiger partial charge in [-0.3, -0.25) is 0 Å². The predicted molar refractivity (Wildman–Crippen MR) is 71.9 cm³/mol. The number of nitrogens with zero attached hydrogens (tertiary/aromatic N) is 3. The van der Waals surface area contributed by atoms with E-state index in [9.17, 15) is 0 Å². The summed E-state index contributed by atoms with van der Waals surface area (Å²) >= 11 is 0. The number of fused-ring (bicyclic) bond motifs is 1. The molecule has 3 rings (SSSR count). The van der Waals surface area contributed by atoms with Crippen molar-refractivity contribution in [1.29, 1.82) is 0 Å². The maximum Gasteiger partial charge on any atom is 0.180 e. The quantitative estimate of drug-likeness (QED) is 0.720. The molecule has 0 unspecified atom stereocenters. The molecule has 0 bridgehead atoms. The molecule has 0 aliphatic heterocycles. The van der Waals surface area contributed by atoms with Gasteiger partial charge in [0.05, 0.1) is 6.20 Å². The minimum atomic E-state index is 0.455. The highest BCUT2D eigenvalue weighted by Gasteiger charge is 2.07. The van der Waals surface area contributed by atoms with Crippen LogP contribution < -0.4 is 11.1 Å². The number of rotatable bonds is 2. The molecule has 0 saturated heterocycles. The summed E-state index contributed by atoms with van der Waals surface area (Å²) in [5.41, 5.74) is 8.68. The van der Waals surface area contributed by atoms with E-state index in [1.54, 1.807) is 12.4 Å². The first-order chi connectivity index (χ1) is 8.74. The Bertz CT molecular complexity index is 701. The van der Waals surface area contributed by atoms with Crippen LogP contribution in [0.4, 0.5) is 17.3 Å². The second-order valence-corrected chi connectivity index (χ2v) is 4.11. The number of hydrogen-bond acceptors (Lipinski definition) is 4. The van der Waals surface area contributed by atoms with Crippen molar-refractivity contribution in [2.24, 2.45) is 0 Å². The molecule has 0 spiro atoms. The maximum atomic E-state index is 5.78. The number of para-hydroxylation sites is 1. The highest BCUT2D eigenvalue weighted by Crippen LogP contribution is 2.22. The largest absolute Gasteiger partial charge is 0.382 e. The van der Waals surface area contributed by atoms with Gasteiger partial charge < -0.3 is 15.5 Å². The molecular weight excluding hydrogens is 226 g/mol. The Morgan fingerprint density at radius 3 is 2.94 bits per heavy atom. The van der Waals surface area contributed by atoms with Crippen molar-refractivity contribution in [1.82, 2.24) is 14.4 Å². The van der Waals surface area contributed by atoms with Crippen LogP contribution in [0.5, 0.6) is 0 Å². The van der Waals surface area contributed by atoms with E-state index in [-0.39, 0.29) is 0 Å². The van der Waals surface area contributed by atoms with Gasteiger partial charge in [0.25, 0.3) is 0 Å². The lowest BCUT2D eigenvalue weighted by Crippen LogP contribution is -2.02. The summed E-state index contributed by atoms with van der Waals surface area (Å²) in [5, 5.41) is 3.27. The number of hydrogen-bond donors (Lipinski definition) is 2. The van der Waals surface area contributed by atoms with Gasteiger partial charge in [0.2, 0.25) is 0 Å². The summed E-state index contributed by atoms with van der Waals surface area (Å²) in [7, 11) is 0. The second kappa shape index (κ2) is 4.03. The first-order valence-corrected chi connectivity index (χ1v) is 5.66. The fourth-order valence-corrected chi connectivity index (χ4v) is 1.88. The average Bonchev–Trinajstić information content (AvgIpc) is 2.80. The van der Waals surface area contributed by atoms with E-state index in [4.69, 9.17) is 5.73 Å². The van der Waals surface area contributed by atoms with Crippen LogP contribution in [-0.4, -0.2) is 14.4 Å². The molecule has 5 heteroatoms. The van der Waals surface area contributed by atoms with Crippen molar-refractivity contribution < 1.29 is 0 Å². The van der Waals surface area contributed by atoms with Gasteiger partial charge in [-0.15, -0.1) is 0 Å². The molecular formula is C13H13N5. The molecule has 3 aromatic rings. The molecule has 0 saturated carbocycles. The van der Waals surface area contributed by atoms with E-state index in [1.807, 2.05) is 41.8 Å². The zero-order valence-corrected chi connectivity index (χ0v) is 9.96. The van der Waals surface area contributed by atoms with Crippen LogP contribution in [0.1, 0.15) is 5.56 Å². The van der Waals surface area contributed by atoms with Crippen LogP contribution in [0.2, 0.25) is 0 Å². The van der Waals surface area contributed by atoms with E-state index >= 15 is 0 Å². The topological polar surface area (TPSA) is 68.2 Å². The number of nitrogen functional groups attached to an aromatic ring is 1. The monoisotopic (exact) mass is 239 g/mol. The van der Waals surface area contributed by atoms with Gasteiger partial charge in [0.1, 0.15) is 5.82 Å². The zero-order chi connectivity index (χ0) is 12.5. The number of nitrogens with one attached hydrogen (secondary N) is 1. The van der Waals surface area contributed by atoms with E-state index in [0.29, 0.717) is 11.6 Å². The van der Waals surface area contributed by atoms with Crippen molar-refractivity contribution in [2.45, 2.75) is 6.92 Å². The summed E-state index contributed by atoms with van der Waals surface area (Å²) in [5.74, 6) is 1.12. The molecule has 0 aliphatic carbocycles. The third-order valence-electron chi connectivity index (χ3n) is 2.79. The van der Waals surface area contributed by atoms with Crippen LogP contribution in [0, 0.1) is 6.92 Å². The molecule has 3 N–H and O–H groups in total. The summed E-state index contributed by atoms with van der Waals surface area (Å²) in [6.45, 7) is 2.04. The first-order valence-electron chi connectivity index (χ1n) is 5.66. The SMILES string of the molecule is Cc1ccccc1Nc1nc(N)cn2ccnc12. The molecule has 1 aromatic carbocycles. The molecule has 0 atom stereocenters. The summed E-state index contributed by atoms with van der Waals surface area (Å²) in [6, 6.07) is 8.01. The predicted octanol–water partition coefficient (Wildman–Crippen LogP) is 2.36. The van der Waals surface area contributed by atoms with Crippen LogP contribution in [0.25, 0.3) is 5.65 Å². The third kappa shape index (κ3) is 1.75. The average molecular weight is 239 g/mol. The molecule has 0 radical (unpaired) electrons. The minimum absolute atomic E-state index is 0.455. The minimum Gasteiger partial charge on any atom is -0.382 e. The third-order valence-corrected chi connectivity index (χ3v) is 2.79. The Kier molecular flexibility index (Phi) is 2.37. The van der Waals surface area contributed by atoms with E-state index < -0.39 is 0 Å². The summed E-state index contributed by atoms with van der Waals surface area (Å²) in [6.07, 6.45) is 5.31. The maximum absolute atomic E-state index is 5.78.